The smallest absolute Gasteiger partial charge is 0.233 e. The zero-order valence-electron chi connectivity index (χ0n) is 17.6. The maximum absolute atomic E-state index is 13.3. The summed E-state index contributed by atoms with van der Waals surface area (Å²) in [5.74, 6) is 1.84. The highest BCUT2D eigenvalue weighted by Crippen LogP contribution is 2.34. The Kier molecular flexibility index (Phi) is 6.57. The minimum absolute atomic E-state index is 0.0848. The number of hydrogen-bond acceptors (Lipinski definition) is 7. The van der Waals surface area contributed by atoms with Gasteiger partial charge in [-0.25, -0.2) is 4.98 Å². The summed E-state index contributed by atoms with van der Waals surface area (Å²) >= 11 is 1.49. The van der Waals surface area contributed by atoms with Crippen LogP contribution in [0.2, 0.25) is 0 Å². The molecule has 0 saturated heterocycles. The number of para-hydroxylation sites is 1. The van der Waals surface area contributed by atoms with Gasteiger partial charge >= 0.3 is 0 Å². The average Bonchev–Trinajstić information content (AvgIpc) is 3.41. The van der Waals surface area contributed by atoms with Crippen LogP contribution in [0.1, 0.15) is 38.4 Å². The van der Waals surface area contributed by atoms with Crippen molar-refractivity contribution in [3.8, 4) is 5.75 Å². The average molecular weight is 437 g/mol. The molecule has 0 bridgehead atoms. The number of carbonyl (C=O) groups is 1. The second-order valence-corrected chi connectivity index (χ2v) is 7.98. The van der Waals surface area contributed by atoms with Crippen LogP contribution in [0.3, 0.4) is 0 Å². The number of rotatable bonds is 9. The van der Waals surface area contributed by atoms with Crippen LogP contribution in [0.25, 0.3) is 10.2 Å². The molecule has 0 unspecified atom stereocenters. The maximum atomic E-state index is 13.3. The lowest BCUT2D eigenvalue weighted by Crippen LogP contribution is -2.26. The fraction of sp³-hybridized carbons (Fsp3) is 0.304. The summed E-state index contributed by atoms with van der Waals surface area (Å²) in [4.78, 5) is 24.0. The van der Waals surface area contributed by atoms with Gasteiger partial charge in [-0.15, -0.1) is 0 Å². The molecular formula is C23H24N4O3S. The largest absolute Gasteiger partial charge is 0.494 e. The van der Waals surface area contributed by atoms with Crippen LogP contribution < -0.4 is 9.64 Å². The molecule has 160 valence electrons. The van der Waals surface area contributed by atoms with Crippen molar-refractivity contribution in [2.24, 2.45) is 0 Å². The minimum Gasteiger partial charge on any atom is -0.494 e. The summed E-state index contributed by atoms with van der Waals surface area (Å²) in [5.41, 5.74) is 1.61. The van der Waals surface area contributed by atoms with Gasteiger partial charge in [-0.1, -0.05) is 35.5 Å². The molecule has 0 aliphatic heterocycles. The van der Waals surface area contributed by atoms with E-state index in [1.54, 1.807) is 4.90 Å². The summed E-state index contributed by atoms with van der Waals surface area (Å²) in [7, 11) is 0. The van der Waals surface area contributed by atoms with E-state index in [0.29, 0.717) is 29.9 Å². The van der Waals surface area contributed by atoms with Crippen molar-refractivity contribution in [3.63, 3.8) is 0 Å². The van der Waals surface area contributed by atoms with E-state index in [0.717, 1.165) is 34.5 Å². The van der Waals surface area contributed by atoms with Crippen LogP contribution in [-0.2, 0) is 17.6 Å². The predicted molar refractivity (Wildman–Crippen MR) is 121 cm³/mol. The fourth-order valence-corrected chi connectivity index (χ4v) is 4.22. The number of thiazole rings is 1. The van der Waals surface area contributed by atoms with Gasteiger partial charge in [0.15, 0.2) is 11.0 Å². The summed E-state index contributed by atoms with van der Waals surface area (Å²) in [5, 5.41) is 4.60. The predicted octanol–water partition coefficient (Wildman–Crippen LogP) is 5.33. The van der Waals surface area contributed by atoms with Gasteiger partial charge in [-0.2, -0.15) is 4.98 Å². The molecular weight excluding hydrogens is 412 g/mol. The fourth-order valence-electron chi connectivity index (χ4n) is 3.22. The van der Waals surface area contributed by atoms with E-state index in [4.69, 9.17) is 14.2 Å². The monoisotopic (exact) mass is 436 g/mol. The highest BCUT2D eigenvalue weighted by molar-refractivity contribution is 7.22. The molecule has 0 aliphatic rings. The molecule has 0 aliphatic carbocycles. The van der Waals surface area contributed by atoms with Crippen molar-refractivity contribution in [1.29, 1.82) is 0 Å². The van der Waals surface area contributed by atoms with Crippen molar-refractivity contribution >= 4 is 38.3 Å². The number of aromatic nitrogens is 3. The molecule has 0 fully saturated rings. The van der Waals surface area contributed by atoms with Crippen molar-refractivity contribution in [1.82, 2.24) is 15.1 Å². The number of anilines is 2. The van der Waals surface area contributed by atoms with Crippen LogP contribution in [0, 0.1) is 0 Å². The Morgan fingerprint density at radius 3 is 2.61 bits per heavy atom. The summed E-state index contributed by atoms with van der Waals surface area (Å²) in [6.07, 6.45) is 2.33. The first-order chi connectivity index (χ1) is 15.2. The number of fused-ring (bicyclic) bond motifs is 1. The van der Waals surface area contributed by atoms with E-state index >= 15 is 0 Å². The second-order valence-electron chi connectivity index (χ2n) is 6.97. The first kappa shape index (κ1) is 21.0. The van der Waals surface area contributed by atoms with Gasteiger partial charge in [-0.05, 0) is 49.7 Å². The number of benzene rings is 2. The van der Waals surface area contributed by atoms with E-state index in [-0.39, 0.29) is 12.3 Å². The lowest BCUT2D eigenvalue weighted by molar-refractivity contribution is -0.117. The minimum atomic E-state index is -0.0848. The molecule has 4 aromatic rings. The summed E-state index contributed by atoms with van der Waals surface area (Å²) < 4.78 is 11.9. The van der Waals surface area contributed by atoms with Gasteiger partial charge in [0, 0.05) is 19.3 Å². The van der Waals surface area contributed by atoms with Gasteiger partial charge in [0.1, 0.15) is 5.75 Å². The van der Waals surface area contributed by atoms with Crippen molar-refractivity contribution in [3.05, 3.63) is 60.2 Å². The van der Waals surface area contributed by atoms with Gasteiger partial charge in [0.25, 0.3) is 0 Å². The van der Waals surface area contributed by atoms with Crippen LogP contribution in [0.15, 0.2) is 53.1 Å². The molecule has 0 atom stereocenters. The molecule has 7 nitrogen and oxygen atoms in total. The summed E-state index contributed by atoms with van der Waals surface area (Å²) in [6, 6.07) is 15.3. The zero-order chi connectivity index (χ0) is 21.6. The Bertz CT molecular complexity index is 1120. The van der Waals surface area contributed by atoms with Crippen molar-refractivity contribution in [2.75, 3.05) is 11.5 Å². The quantitative estimate of drug-likeness (QED) is 0.353. The van der Waals surface area contributed by atoms with E-state index in [1.807, 2.05) is 55.5 Å². The van der Waals surface area contributed by atoms with Gasteiger partial charge < -0.3 is 9.26 Å². The highest BCUT2D eigenvalue weighted by Gasteiger charge is 2.22. The normalized spacial score (nSPS) is 11.0. The van der Waals surface area contributed by atoms with E-state index in [9.17, 15) is 4.79 Å². The van der Waals surface area contributed by atoms with Gasteiger partial charge in [-0.3, -0.25) is 9.69 Å². The Labute approximate surface area is 184 Å². The molecule has 4 rings (SSSR count). The summed E-state index contributed by atoms with van der Waals surface area (Å²) in [6.45, 7) is 4.59. The number of nitrogens with zero attached hydrogens (tertiary/aromatic N) is 4. The van der Waals surface area contributed by atoms with Crippen molar-refractivity contribution in [2.45, 2.75) is 39.5 Å². The molecule has 0 N–H and O–H groups in total. The first-order valence-corrected chi connectivity index (χ1v) is 11.2. The Hall–Kier alpha value is -3.26. The highest BCUT2D eigenvalue weighted by atomic mass is 32.1. The van der Waals surface area contributed by atoms with Crippen LogP contribution in [0.5, 0.6) is 5.75 Å². The molecule has 8 heteroatoms. The molecule has 1 amide bonds. The Balaban J connectivity index is 1.59. The SMILES string of the molecule is CCCc1noc(CCC(=O)N(c2ccc(OCC)cc2)c2nc3ccccc3s2)n1. The van der Waals surface area contributed by atoms with Gasteiger partial charge in [0.2, 0.25) is 11.8 Å². The maximum Gasteiger partial charge on any atom is 0.233 e. The van der Waals surface area contributed by atoms with E-state index in [2.05, 4.69) is 17.1 Å². The molecule has 31 heavy (non-hydrogen) atoms. The lowest BCUT2D eigenvalue weighted by atomic mass is 10.2. The molecule has 0 saturated carbocycles. The van der Waals surface area contributed by atoms with E-state index < -0.39 is 0 Å². The number of ether oxygens (including phenoxy) is 1. The van der Waals surface area contributed by atoms with Crippen LogP contribution >= 0.6 is 11.3 Å². The van der Waals surface area contributed by atoms with E-state index in [1.165, 1.54) is 11.3 Å². The third-order valence-electron chi connectivity index (χ3n) is 4.67. The third-order valence-corrected chi connectivity index (χ3v) is 5.69. The number of aryl methyl sites for hydroxylation is 2. The number of carbonyl (C=O) groups excluding carboxylic acids is 1. The van der Waals surface area contributed by atoms with Crippen molar-refractivity contribution < 1.29 is 14.1 Å². The zero-order valence-corrected chi connectivity index (χ0v) is 18.4. The van der Waals surface area contributed by atoms with Gasteiger partial charge in [0.05, 0.1) is 22.5 Å². The number of hydrogen-bond donors (Lipinski definition) is 0. The molecule has 0 spiro atoms. The lowest BCUT2D eigenvalue weighted by Gasteiger charge is -2.20. The Morgan fingerprint density at radius 1 is 1.06 bits per heavy atom. The van der Waals surface area contributed by atoms with Crippen LogP contribution in [0.4, 0.5) is 10.8 Å². The Morgan fingerprint density at radius 2 is 1.87 bits per heavy atom. The molecule has 2 heterocycles. The molecule has 2 aromatic carbocycles. The standard InChI is InChI=1S/C23H24N4O3S/c1-3-7-20-25-21(30-26-20)14-15-22(28)27(16-10-12-17(13-11-16)29-4-2)23-24-18-8-5-6-9-19(18)31-23/h5-6,8-13H,3-4,7,14-15H2,1-2H3. The third kappa shape index (κ3) is 4.91. The molecule has 2 aromatic heterocycles. The topological polar surface area (TPSA) is 81.4 Å². The molecule has 0 radical (unpaired) electrons. The second kappa shape index (κ2) is 9.70. The van der Waals surface area contributed by atoms with Crippen LogP contribution in [-0.4, -0.2) is 27.6 Å². The number of amides is 1. The first-order valence-electron chi connectivity index (χ1n) is 10.4.